The van der Waals surface area contributed by atoms with Crippen molar-refractivity contribution in [1.29, 1.82) is 0 Å². The van der Waals surface area contributed by atoms with Crippen molar-refractivity contribution in [2.75, 3.05) is 20.8 Å². The van der Waals surface area contributed by atoms with Crippen LogP contribution < -0.4 is 14.2 Å². The highest BCUT2D eigenvalue weighted by Gasteiger charge is 2.16. The molecule has 0 fully saturated rings. The van der Waals surface area contributed by atoms with E-state index in [1.807, 2.05) is 31.2 Å². The fraction of sp³-hybridized carbons (Fsp3) is 0.312. The lowest BCUT2D eigenvalue weighted by molar-refractivity contribution is 0.0996. The van der Waals surface area contributed by atoms with Gasteiger partial charge in [-0.15, -0.1) is 0 Å². The third-order valence-corrected chi connectivity index (χ3v) is 2.96. The number of ether oxygens (including phenoxy) is 4. The van der Waals surface area contributed by atoms with Crippen LogP contribution in [0.5, 0.6) is 17.2 Å². The van der Waals surface area contributed by atoms with Gasteiger partial charge in [0.2, 0.25) is 0 Å². The Labute approximate surface area is 123 Å². The van der Waals surface area contributed by atoms with Crippen LogP contribution in [0.25, 0.3) is 10.8 Å². The number of hydrogen-bond acceptors (Lipinski definition) is 5. The van der Waals surface area contributed by atoms with Gasteiger partial charge < -0.3 is 18.9 Å². The molecule has 0 atom stereocenters. The average Bonchev–Trinajstić information content (AvgIpc) is 2.52. The van der Waals surface area contributed by atoms with Gasteiger partial charge in [-0.3, -0.25) is 0 Å². The number of carbonyl (C=O) groups excluding carboxylic acids is 1. The first-order valence-corrected chi connectivity index (χ1v) is 6.69. The third kappa shape index (κ3) is 3.18. The Bertz CT molecular complexity index is 636. The van der Waals surface area contributed by atoms with E-state index in [9.17, 15) is 4.79 Å². The van der Waals surface area contributed by atoms with Crippen LogP contribution in [0, 0.1) is 0 Å². The minimum absolute atomic E-state index is 0.323. The fourth-order valence-electron chi connectivity index (χ4n) is 2.04. The van der Waals surface area contributed by atoms with Gasteiger partial charge in [0, 0.05) is 16.8 Å². The molecule has 0 saturated carbocycles. The Morgan fingerprint density at radius 3 is 2.38 bits per heavy atom. The summed E-state index contributed by atoms with van der Waals surface area (Å²) in [6.07, 6.45) is 0.0103. The number of hydrogen-bond donors (Lipinski definition) is 0. The van der Waals surface area contributed by atoms with Crippen molar-refractivity contribution >= 4 is 16.9 Å². The average molecular weight is 290 g/mol. The van der Waals surface area contributed by atoms with E-state index in [1.54, 1.807) is 13.2 Å². The lowest BCUT2D eigenvalue weighted by Gasteiger charge is -2.14. The predicted molar refractivity (Wildman–Crippen MR) is 79.3 cm³/mol. The molecule has 0 aliphatic rings. The summed E-state index contributed by atoms with van der Waals surface area (Å²) in [5, 5.41) is 1.56. The van der Waals surface area contributed by atoms with Crippen molar-refractivity contribution in [3.05, 3.63) is 30.3 Å². The lowest BCUT2D eigenvalue weighted by Crippen LogP contribution is -2.11. The van der Waals surface area contributed by atoms with Crippen LogP contribution in [0.2, 0.25) is 0 Å². The molecule has 0 radical (unpaired) electrons. The molecule has 0 spiro atoms. The molecule has 0 bridgehead atoms. The van der Waals surface area contributed by atoms with E-state index in [4.69, 9.17) is 18.9 Å². The summed E-state index contributed by atoms with van der Waals surface area (Å²) in [4.78, 5) is 11.7. The Hall–Kier alpha value is -2.43. The van der Waals surface area contributed by atoms with Gasteiger partial charge in [-0.1, -0.05) is 31.2 Å². The maximum atomic E-state index is 11.7. The normalized spacial score (nSPS) is 10.2. The van der Waals surface area contributed by atoms with Crippen molar-refractivity contribution in [3.8, 4) is 17.2 Å². The topological polar surface area (TPSA) is 54.0 Å². The second-order valence-electron chi connectivity index (χ2n) is 4.36. The van der Waals surface area contributed by atoms with E-state index < -0.39 is 6.16 Å². The molecule has 2 aromatic carbocycles. The number of fused-ring (bicyclic) bond motifs is 1. The Kier molecular flexibility index (Phi) is 4.87. The van der Waals surface area contributed by atoms with E-state index in [-0.39, 0.29) is 0 Å². The molecule has 0 N–H and O–H groups in total. The van der Waals surface area contributed by atoms with Gasteiger partial charge in [0.15, 0.2) is 11.5 Å². The van der Waals surface area contributed by atoms with Crippen LogP contribution >= 0.6 is 0 Å². The molecule has 21 heavy (non-hydrogen) atoms. The summed E-state index contributed by atoms with van der Waals surface area (Å²) in [6, 6.07) is 9.08. The Balaban J connectivity index is 2.46. The SMILES string of the molecule is CCCOC(=O)Oc1cc(OC)c(OC)c2ccccc12. The van der Waals surface area contributed by atoms with Gasteiger partial charge in [0.1, 0.15) is 5.75 Å². The molecule has 0 aliphatic heterocycles. The summed E-state index contributed by atoms with van der Waals surface area (Å²) in [5.41, 5.74) is 0. The largest absolute Gasteiger partial charge is 0.513 e. The second kappa shape index (κ2) is 6.83. The van der Waals surface area contributed by atoms with E-state index in [2.05, 4.69) is 0 Å². The van der Waals surface area contributed by atoms with Gasteiger partial charge in [-0.2, -0.15) is 0 Å². The van der Waals surface area contributed by atoms with Gasteiger partial charge in [0.05, 0.1) is 20.8 Å². The number of rotatable bonds is 5. The molecule has 5 nitrogen and oxygen atoms in total. The molecule has 0 aliphatic carbocycles. The highest BCUT2D eigenvalue weighted by Crippen LogP contribution is 2.41. The predicted octanol–water partition coefficient (Wildman–Crippen LogP) is 3.78. The number of benzene rings is 2. The van der Waals surface area contributed by atoms with Crippen LogP contribution in [0.4, 0.5) is 4.79 Å². The summed E-state index contributed by atoms with van der Waals surface area (Å²) in [6.45, 7) is 2.24. The van der Waals surface area contributed by atoms with E-state index in [1.165, 1.54) is 7.11 Å². The van der Waals surface area contributed by atoms with Crippen LogP contribution in [0.3, 0.4) is 0 Å². The van der Waals surface area contributed by atoms with Crippen LogP contribution in [-0.4, -0.2) is 27.0 Å². The first kappa shape index (κ1) is 15.0. The Morgan fingerprint density at radius 1 is 1.05 bits per heavy atom. The molecule has 0 amide bonds. The summed E-state index contributed by atoms with van der Waals surface area (Å²) < 4.78 is 20.9. The molecule has 2 aromatic rings. The molecule has 2 rings (SSSR count). The van der Waals surface area contributed by atoms with Crippen molar-refractivity contribution in [2.24, 2.45) is 0 Å². The highest BCUT2D eigenvalue weighted by atomic mass is 16.7. The summed E-state index contributed by atoms with van der Waals surface area (Å²) in [7, 11) is 3.10. The monoisotopic (exact) mass is 290 g/mol. The molecule has 0 aromatic heterocycles. The van der Waals surface area contributed by atoms with Gasteiger partial charge in [-0.05, 0) is 6.42 Å². The fourth-order valence-corrected chi connectivity index (χ4v) is 2.04. The van der Waals surface area contributed by atoms with E-state index in [0.29, 0.717) is 23.9 Å². The number of methoxy groups -OCH3 is 2. The van der Waals surface area contributed by atoms with Crippen molar-refractivity contribution in [3.63, 3.8) is 0 Å². The van der Waals surface area contributed by atoms with Crippen molar-refractivity contribution in [1.82, 2.24) is 0 Å². The minimum atomic E-state index is -0.728. The molecule has 112 valence electrons. The zero-order valence-corrected chi connectivity index (χ0v) is 12.3. The Morgan fingerprint density at radius 2 is 1.76 bits per heavy atom. The van der Waals surface area contributed by atoms with Crippen molar-refractivity contribution < 1.29 is 23.7 Å². The molecular weight excluding hydrogens is 272 g/mol. The minimum Gasteiger partial charge on any atom is -0.493 e. The zero-order valence-electron chi connectivity index (χ0n) is 12.3. The molecule has 5 heteroatoms. The van der Waals surface area contributed by atoms with Crippen LogP contribution in [0.15, 0.2) is 30.3 Å². The molecule has 0 saturated heterocycles. The van der Waals surface area contributed by atoms with Gasteiger partial charge in [0.25, 0.3) is 0 Å². The van der Waals surface area contributed by atoms with Gasteiger partial charge in [-0.25, -0.2) is 4.79 Å². The highest BCUT2D eigenvalue weighted by molar-refractivity contribution is 5.96. The van der Waals surface area contributed by atoms with E-state index in [0.717, 1.165) is 17.2 Å². The maximum absolute atomic E-state index is 11.7. The molecule has 0 heterocycles. The summed E-state index contributed by atoms with van der Waals surface area (Å²) >= 11 is 0. The summed E-state index contributed by atoms with van der Waals surface area (Å²) in [5.74, 6) is 1.47. The molecule has 0 unspecified atom stereocenters. The first-order valence-electron chi connectivity index (χ1n) is 6.69. The second-order valence-corrected chi connectivity index (χ2v) is 4.36. The molecular formula is C16H18O5. The van der Waals surface area contributed by atoms with E-state index >= 15 is 0 Å². The lowest BCUT2D eigenvalue weighted by atomic mass is 10.1. The number of carbonyl (C=O) groups is 1. The standard InChI is InChI=1S/C16H18O5/c1-4-9-20-16(17)21-13-10-14(18-2)15(19-3)12-8-6-5-7-11(12)13/h5-8,10H,4,9H2,1-3H3. The van der Waals surface area contributed by atoms with Crippen molar-refractivity contribution in [2.45, 2.75) is 13.3 Å². The quantitative estimate of drug-likeness (QED) is 0.619. The van der Waals surface area contributed by atoms with Gasteiger partial charge >= 0.3 is 6.16 Å². The van der Waals surface area contributed by atoms with Crippen LogP contribution in [-0.2, 0) is 4.74 Å². The maximum Gasteiger partial charge on any atom is 0.513 e. The first-order chi connectivity index (χ1) is 10.2. The zero-order chi connectivity index (χ0) is 15.2. The smallest absolute Gasteiger partial charge is 0.493 e. The third-order valence-electron chi connectivity index (χ3n) is 2.96. The van der Waals surface area contributed by atoms with Crippen LogP contribution in [0.1, 0.15) is 13.3 Å².